The maximum atomic E-state index is 10.3. The van der Waals surface area contributed by atoms with E-state index in [1.54, 1.807) is 0 Å². The molecule has 3 heteroatoms. The van der Waals surface area contributed by atoms with E-state index in [0.29, 0.717) is 5.92 Å². The maximum Gasteiger partial charge on any atom is 0.303 e. The van der Waals surface area contributed by atoms with E-state index >= 15 is 0 Å². The summed E-state index contributed by atoms with van der Waals surface area (Å²) in [4.78, 5) is 10.3. The molecule has 17 heavy (non-hydrogen) atoms. The van der Waals surface area contributed by atoms with Crippen molar-refractivity contribution in [2.45, 2.75) is 77.7 Å². The van der Waals surface area contributed by atoms with E-state index in [4.69, 9.17) is 5.11 Å². The van der Waals surface area contributed by atoms with Crippen LogP contribution in [0.2, 0.25) is 0 Å². The first-order valence-electron chi connectivity index (χ1n) is 6.97. The van der Waals surface area contributed by atoms with Gasteiger partial charge in [0.15, 0.2) is 0 Å². The van der Waals surface area contributed by atoms with Crippen molar-refractivity contribution in [3.8, 4) is 0 Å². The zero-order chi connectivity index (χ0) is 13.1. The Morgan fingerprint density at radius 2 is 1.71 bits per heavy atom. The summed E-state index contributed by atoms with van der Waals surface area (Å²) in [6, 6.07) is 0. The molecular weight excluding hydrogens is 216 g/mol. The normalized spacial score (nSPS) is 14.5. The van der Waals surface area contributed by atoms with Crippen LogP contribution in [0.15, 0.2) is 0 Å². The van der Waals surface area contributed by atoms with Crippen LogP contribution >= 0.6 is 0 Å². The van der Waals surface area contributed by atoms with E-state index in [2.05, 4.69) is 13.8 Å². The van der Waals surface area contributed by atoms with Crippen LogP contribution in [-0.4, -0.2) is 22.3 Å². The van der Waals surface area contributed by atoms with Crippen LogP contribution in [0.3, 0.4) is 0 Å². The highest BCUT2D eigenvalue weighted by Crippen LogP contribution is 2.18. The number of unbranched alkanes of at least 4 members (excludes halogenated alkanes) is 4. The Morgan fingerprint density at radius 3 is 2.29 bits per heavy atom. The molecular formula is C14H28O3. The van der Waals surface area contributed by atoms with Gasteiger partial charge in [-0.1, -0.05) is 46.0 Å². The number of aliphatic hydroxyl groups excluding tert-OH is 1. The number of hydrogen-bond donors (Lipinski definition) is 2. The summed E-state index contributed by atoms with van der Waals surface area (Å²) in [5, 5.41) is 18.3. The first kappa shape index (κ1) is 16.4. The first-order chi connectivity index (χ1) is 8.07. The number of carboxylic acid groups (broad SMARTS) is 1. The summed E-state index contributed by atoms with van der Waals surface area (Å²) >= 11 is 0. The van der Waals surface area contributed by atoms with Crippen LogP contribution in [0, 0.1) is 5.92 Å². The van der Waals surface area contributed by atoms with Crippen molar-refractivity contribution >= 4 is 5.97 Å². The molecule has 0 aromatic carbocycles. The highest BCUT2D eigenvalue weighted by molar-refractivity contribution is 5.66. The second-order valence-electron chi connectivity index (χ2n) is 5.03. The molecule has 0 heterocycles. The molecule has 0 saturated heterocycles. The minimum atomic E-state index is -0.701. The molecule has 0 radical (unpaired) electrons. The van der Waals surface area contributed by atoms with Crippen molar-refractivity contribution in [3.05, 3.63) is 0 Å². The molecule has 0 unspecified atom stereocenters. The average Bonchev–Trinajstić information content (AvgIpc) is 2.29. The molecule has 0 spiro atoms. The minimum absolute atomic E-state index is 0.158. The topological polar surface area (TPSA) is 57.5 Å². The number of hydrogen-bond acceptors (Lipinski definition) is 2. The van der Waals surface area contributed by atoms with E-state index in [0.717, 1.165) is 51.4 Å². The molecule has 0 aliphatic heterocycles. The van der Waals surface area contributed by atoms with Crippen molar-refractivity contribution in [3.63, 3.8) is 0 Å². The lowest BCUT2D eigenvalue weighted by atomic mass is 9.94. The van der Waals surface area contributed by atoms with E-state index in [1.165, 1.54) is 0 Å². The van der Waals surface area contributed by atoms with Crippen molar-refractivity contribution in [2.75, 3.05) is 0 Å². The fourth-order valence-electron chi connectivity index (χ4n) is 1.99. The average molecular weight is 244 g/mol. The molecule has 0 amide bonds. The quantitative estimate of drug-likeness (QED) is 0.546. The van der Waals surface area contributed by atoms with Gasteiger partial charge in [-0.15, -0.1) is 0 Å². The predicted molar refractivity (Wildman–Crippen MR) is 70.0 cm³/mol. The highest BCUT2D eigenvalue weighted by Gasteiger charge is 2.12. The van der Waals surface area contributed by atoms with Crippen LogP contribution in [0.1, 0.15) is 71.6 Å². The largest absolute Gasteiger partial charge is 0.481 e. The first-order valence-corrected chi connectivity index (χ1v) is 6.97. The Bertz CT molecular complexity index is 192. The maximum absolute atomic E-state index is 10.3. The second-order valence-corrected chi connectivity index (χ2v) is 5.03. The van der Waals surface area contributed by atoms with Crippen LogP contribution < -0.4 is 0 Å². The summed E-state index contributed by atoms with van der Waals surface area (Å²) in [6.07, 6.45) is 8.29. The number of aliphatic hydroxyl groups is 1. The summed E-state index contributed by atoms with van der Waals surface area (Å²) in [5.74, 6) is -0.325. The van der Waals surface area contributed by atoms with E-state index in [-0.39, 0.29) is 12.5 Å². The van der Waals surface area contributed by atoms with E-state index in [1.807, 2.05) is 0 Å². The Balaban J connectivity index is 3.37. The summed E-state index contributed by atoms with van der Waals surface area (Å²) in [7, 11) is 0. The van der Waals surface area contributed by atoms with Gasteiger partial charge in [-0.05, 0) is 25.2 Å². The van der Waals surface area contributed by atoms with Crippen molar-refractivity contribution in [1.82, 2.24) is 0 Å². The zero-order valence-corrected chi connectivity index (χ0v) is 11.3. The van der Waals surface area contributed by atoms with Crippen LogP contribution in [0.4, 0.5) is 0 Å². The third-order valence-electron chi connectivity index (χ3n) is 3.31. The number of carboxylic acids is 1. The van der Waals surface area contributed by atoms with Gasteiger partial charge in [-0.3, -0.25) is 4.79 Å². The van der Waals surface area contributed by atoms with Gasteiger partial charge in [0.2, 0.25) is 0 Å². The van der Waals surface area contributed by atoms with Crippen LogP contribution in [0.25, 0.3) is 0 Å². The SMILES string of the molecule is CCCC[C@@H](O)[C@@H](C)CCCCCCC(=O)O. The smallest absolute Gasteiger partial charge is 0.303 e. The zero-order valence-electron chi connectivity index (χ0n) is 11.3. The van der Waals surface area contributed by atoms with Gasteiger partial charge in [-0.25, -0.2) is 0 Å². The van der Waals surface area contributed by atoms with Gasteiger partial charge in [0.05, 0.1) is 6.10 Å². The van der Waals surface area contributed by atoms with Gasteiger partial charge in [-0.2, -0.15) is 0 Å². The lowest BCUT2D eigenvalue weighted by Gasteiger charge is -2.18. The second kappa shape index (κ2) is 10.6. The molecule has 0 saturated carbocycles. The number of rotatable bonds is 11. The lowest BCUT2D eigenvalue weighted by Crippen LogP contribution is -2.17. The molecule has 0 aromatic heterocycles. The molecule has 0 rings (SSSR count). The third-order valence-corrected chi connectivity index (χ3v) is 3.31. The Labute approximate surface area is 105 Å². The van der Waals surface area contributed by atoms with Gasteiger partial charge >= 0.3 is 5.97 Å². The highest BCUT2D eigenvalue weighted by atomic mass is 16.4. The van der Waals surface area contributed by atoms with Gasteiger partial charge in [0.25, 0.3) is 0 Å². The summed E-state index contributed by atoms with van der Waals surface area (Å²) in [6.45, 7) is 4.25. The Kier molecular flexibility index (Phi) is 10.2. The molecule has 0 bridgehead atoms. The monoisotopic (exact) mass is 244 g/mol. The van der Waals surface area contributed by atoms with Crippen molar-refractivity contribution in [2.24, 2.45) is 5.92 Å². The molecule has 3 nitrogen and oxygen atoms in total. The molecule has 2 N–H and O–H groups in total. The predicted octanol–water partition coefficient (Wildman–Crippen LogP) is 3.60. The summed E-state index contributed by atoms with van der Waals surface area (Å²) in [5.41, 5.74) is 0. The van der Waals surface area contributed by atoms with Crippen molar-refractivity contribution < 1.29 is 15.0 Å². The molecule has 0 aliphatic carbocycles. The lowest BCUT2D eigenvalue weighted by molar-refractivity contribution is -0.137. The number of aliphatic carboxylic acids is 1. The third kappa shape index (κ3) is 10.3. The minimum Gasteiger partial charge on any atom is -0.481 e. The molecule has 0 aliphatic rings. The van der Waals surface area contributed by atoms with Crippen molar-refractivity contribution in [1.29, 1.82) is 0 Å². The summed E-state index contributed by atoms with van der Waals surface area (Å²) < 4.78 is 0. The molecule has 0 aromatic rings. The van der Waals surface area contributed by atoms with Gasteiger partial charge in [0, 0.05) is 6.42 Å². The van der Waals surface area contributed by atoms with E-state index in [9.17, 15) is 9.90 Å². The Morgan fingerprint density at radius 1 is 1.06 bits per heavy atom. The fourth-order valence-corrected chi connectivity index (χ4v) is 1.99. The Hall–Kier alpha value is -0.570. The number of carbonyl (C=O) groups is 1. The molecule has 2 atom stereocenters. The van der Waals surface area contributed by atoms with E-state index < -0.39 is 5.97 Å². The van der Waals surface area contributed by atoms with Gasteiger partial charge < -0.3 is 10.2 Å². The van der Waals surface area contributed by atoms with Gasteiger partial charge in [0.1, 0.15) is 0 Å². The standard InChI is InChI=1S/C14H28O3/c1-3-4-10-13(15)12(2)9-7-5-6-8-11-14(16)17/h12-13,15H,3-11H2,1-2H3,(H,16,17)/t12-,13+/m0/s1. The molecule has 0 fully saturated rings. The van der Waals surface area contributed by atoms with Crippen LogP contribution in [0.5, 0.6) is 0 Å². The van der Waals surface area contributed by atoms with Crippen LogP contribution in [-0.2, 0) is 4.79 Å². The molecule has 102 valence electrons. The fraction of sp³-hybridized carbons (Fsp3) is 0.929.